The Morgan fingerprint density at radius 3 is 2.21 bits per heavy atom. The van der Waals surface area contributed by atoms with E-state index in [-0.39, 0.29) is 17.0 Å². The molecule has 2 N–H and O–H groups in total. The zero-order valence-electron chi connectivity index (χ0n) is 20.8. The summed E-state index contributed by atoms with van der Waals surface area (Å²) in [5.74, 6) is -0.0843. The predicted molar refractivity (Wildman–Crippen MR) is 147 cm³/mol. The van der Waals surface area contributed by atoms with Gasteiger partial charge in [-0.05, 0) is 37.3 Å². The maximum atomic E-state index is 13.8. The molecular weight excluding hydrogens is 478 g/mol. The average Bonchev–Trinajstić information content (AvgIpc) is 3.36. The van der Waals surface area contributed by atoms with Crippen molar-refractivity contribution in [3.63, 3.8) is 0 Å². The molecule has 0 unspecified atom stereocenters. The molecule has 2 aliphatic rings. The van der Waals surface area contributed by atoms with E-state index in [1.807, 2.05) is 84.9 Å². The Hall–Kier alpha value is -5.24. The van der Waals surface area contributed by atoms with Gasteiger partial charge in [-0.3, -0.25) is 14.3 Å². The van der Waals surface area contributed by atoms with Crippen molar-refractivity contribution in [3.8, 4) is 17.0 Å². The highest BCUT2D eigenvalue weighted by Crippen LogP contribution is 2.47. The van der Waals surface area contributed by atoms with Crippen molar-refractivity contribution >= 4 is 33.8 Å². The normalized spacial score (nSPS) is 11.6. The van der Waals surface area contributed by atoms with E-state index in [4.69, 9.17) is 10.2 Å². The lowest BCUT2D eigenvalue weighted by molar-refractivity contribution is 0.103. The van der Waals surface area contributed by atoms with Gasteiger partial charge in [0.1, 0.15) is 17.0 Å². The summed E-state index contributed by atoms with van der Waals surface area (Å²) in [6.45, 7) is 1.73. The van der Waals surface area contributed by atoms with Gasteiger partial charge in [0.15, 0.2) is 0 Å². The van der Waals surface area contributed by atoms with Gasteiger partial charge in [0.25, 0.3) is 5.56 Å². The Morgan fingerprint density at radius 1 is 0.868 bits per heavy atom. The number of fused-ring (bicyclic) bond motifs is 3. The third kappa shape index (κ3) is 3.62. The number of nitrogen functional groups attached to an aromatic ring is 1. The van der Waals surface area contributed by atoms with Crippen LogP contribution in [0, 0.1) is 6.92 Å². The van der Waals surface area contributed by atoms with E-state index in [1.165, 1.54) is 4.68 Å². The molecule has 0 spiro atoms. The number of hydrogen-bond acceptors (Lipinski definition) is 6. The Labute approximate surface area is 217 Å². The summed E-state index contributed by atoms with van der Waals surface area (Å²) in [6, 6.07) is 27.8. The Bertz CT molecular complexity index is 1880. The number of rotatable bonds is 5. The van der Waals surface area contributed by atoms with Gasteiger partial charge >= 0.3 is 0 Å². The molecule has 6 rings (SSSR count). The van der Waals surface area contributed by atoms with E-state index in [0.29, 0.717) is 34.1 Å². The zero-order valence-corrected chi connectivity index (χ0v) is 20.8. The number of benzene rings is 3. The van der Waals surface area contributed by atoms with E-state index >= 15 is 0 Å². The average molecular weight is 502 g/mol. The lowest BCUT2D eigenvalue weighted by Crippen LogP contribution is -2.23. The molecule has 0 radical (unpaired) electrons. The van der Waals surface area contributed by atoms with Crippen LogP contribution in [0.2, 0.25) is 0 Å². The van der Waals surface area contributed by atoms with Crippen LogP contribution < -0.4 is 11.3 Å². The van der Waals surface area contributed by atoms with Crippen LogP contribution in [0.25, 0.3) is 27.8 Å². The molecule has 4 aromatic rings. The van der Waals surface area contributed by atoms with Gasteiger partial charge in [0.05, 0.1) is 16.9 Å². The molecule has 1 aliphatic heterocycles. The molecule has 0 atom stereocenters. The second-order valence-electron chi connectivity index (χ2n) is 8.96. The summed E-state index contributed by atoms with van der Waals surface area (Å²) < 4.78 is 9.15. The van der Waals surface area contributed by atoms with E-state index in [1.54, 1.807) is 24.7 Å². The van der Waals surface area contributed by atoms with Crippen molar-refractivity contribution in [2.24, 2.45) is 17.3 Å². The van der Waals surface area contributed by atoms with Crippen LogP contribution in [-0.2, 0) is 7.05 Å². The number of azo groups is 1. The van der Waals surface area contributed by atoms with Crippen molar-refractivity contribution in [2.45, 2.75) is 6.92 Å². The first-order valence-corrected chi connectivity index (χ1v) is 12.0. The van der Waals surface area contributed by atoms with Gasteiger partial charge in [-0.25, -0.2) is 4.68 Å². The fraction of sp³-hybridized carbons (Fsp3) is 0.0667. The summed E-state index contributed by atoms with van der Waals surface area (Å²) in [4.78, 5) is 27.3. The molecule has 1 aromatic heterocycles. The van der Waals surface area contributed by atoms with E-state index in [2.05, 4.69) is 10.2 Å². The molecule has 1 aliphatic carbocycles. The van der Waals surface area contributed by atoms with E-state index in [9.17, 15) is 9.59 Å². The summed E-state index contributed by atoms with van der Waals surface area (Å²) >= 11 is 0. The molecule has 8 heteroatoms. The van der Waals surface area contributed by atoms with Crippen molar-refractivity contribution in [2.75, 3.05) is 5.73 Å². The number of ketones is 1. The minimum atomic E-state index is -0.517. The molecule has 0 fully saturated rings. The first-order valence-electron chi connectivity index (χ1n) is 12.0. The number of hydrogen-bond donors (Lipinski definition) is 1. The molecule has 2 heterocycles. The number of carbonyl (C=O) groups is 1. The van der Waals surface area contributed by atoms with Gasteiger partial charge < -0.3 is 10.2 Å². The lowest BCUT2D eigenvalue weighted by Gasteiger charge is -2.08. The van der Waals surface area contributed by atoms with Crippen molar-refractivity contribution in [1.82, 2.24) is 9.36 Å². The monoisotopic (exact) mass is 501 g/mol. The fourth-order valence-corrected chi connectivity index (χ4v) is 4.76. The zero-order chi connectivity index (χ0) is 26.4. The summed E-state index contributed by atoms with van der Waals surface area (Å²) in [5.41, 5.74) is 8.98. The number of aromatic nitrogens is 2. The van der Waals surface area contributed by atoms with Crippen LogP contribution >= 0.6 is 0 Å². The lowest BCUT2D eigenvalue weighted by atomic mass is 10.0. The van der Waals surface area contributed by atoms with Crippen molar-refractivity contribution in [1.29, 1.82) is 0 Å². The highest BCUT2D eigenvalue weighted by Gasteiger charge is 2.29. The predicted octanol–water partition coefficient (Wildman–Crippen LogP) is 6.56. The third-order valence-electron chi connectivity index (χ3n) is 6.74. The molecule has 0 saturated carbocycles. The number of carbonyl (C=O) groups excluding carboxylic acids is 1. The molecule has 38 heavy (non-hydrogen) atoms. The molecule has 0 saturated heterocycles. The Kier molecular flexibility index (Phi) is 5.49. The van der Waals surface area contributed by atoms with Crippen LogP contribution in [-0.4, -0.2) is 15.1 Å². The van der Waals surface area contributed by atoms with Crippen LogP contribution in [0.15, 0.2) is 110 Å². The number of anilines is 1. The molecule has 3 aromatic carbocycles. The van der Waals surface area contributed by atoms with Crippen LogP contribution in [0.5, 0.6) is 0 Å². The highest BCUT2D eigenvalue weighted by atomic mass is 16.3. The highest BCUT2D eigenvalue weighted by molar-refractivity contribution is 6.16. The number of para-hydroxylation sites is 1. The summed E-state index contributed by atoms with van der Waals surface area (Å²) in [6.07, 6.45) is 0. The smallest absolute Gasteiger partial charge is 0.282 e. The molecule has 0 bridgehead atoms. The SMILES string of the molecule is Cc1c(C(=O)c2cc3c(N=Nc4ccccc4)c4ccccc4c-3oc2N)c(=O)n(-c2ccccc2)n1C. The van der Waals surface area contributed by atoms with Gasteiger partial charge in [-0.2, -0.15) is 5.11 Å². The van der Waals surface area contributed by atoms with Crippen molar-refractivity contribution < 1.29 is 9.21 Å². The molecule has 8 nitrogen and oxygen atoms in total. The van der Waals surface area contributed by atoms with E-state index in [0.717, 1.165) is 10.8 Å². The van der Waals surface area contributed by atoms with Gasteiger partial charge in [-0.1, -0.05) is 60.7 Å². The Morgan fingerprint density at radius 2 is 1.50 bits per heavy atom. The molecular formula is C30H23N5O3. The topological polar surface area (TPSA) is 108 Å². The molecule has 186 valence electrons. The fourth-order valence-electron chi connectivity index (χ4n) is 4.76. The number of nitrogens with zero attached hydrogens (tertiary/aromatic N) is 4. The second-order valence-corrected chi connectivity index (χ2v) is 8.96. The second kappa shape index (κ2) is 9.01. The van der Waals surface area contributed by atoms with Gasteiger partial charge in [0, 0.05) is 29.1 Å². The van der Waals surface area contributed by atoms with Crippen LogP contribution in [0.3, 0.4) is 0 Å². The Balaban J connectivity index is 1.54. The quantitative estimate of drug-likeness (QED) is 0.213. The molecule has 0 amide bonds. The van der Waals surface area contributed by atoms with Crippen molar-refractivity contribution in [3.05, 3.63) is 118 Å². The number of nitrogens with two attached hydrogens (primary N) is 1. The maximum Gasteiger partial charge on any atom is 0.282 e. The summed E-state index contributed by atoms with van der Waals surface area (Å²) in [5, 5.41) is 10.5. The van der Waals surface area contributed by atoms with Crippen LogP contribution in [0.4, 0.5) is 17.3 Å². The summed E-state index contributed by atoms with van der Waals surface area (Å²) in [7, 11) is 1.74. The largest absolute Gasteiger partial charge is 0.439 e. The maximum absolute atomic E-state index is 13.8. The van der Waals surface area contributed by atoms with Gasteiger partial charge in [-0.15, -0.1) is 5.11 Å². The van der Waals surface area contributed by atoms with Gasteiger partial charge in [0.2, 0.25) is 11.7 Å². The van der Waals surface area contributed by atoms with E-state index < -0.39 is 11.3 Å². The first kappa shape index (κ1) is 23.2. The standard InChI is InChI=1S/C30H23N5O3/c1-18-25(30(37)35(34(18)2)20-13-7-4-8-14-20)27(36)24-17-23-26(33-32-19-11-5-3-6-12-19)21-15-9-10-16-22(21)28(23)38-29(24)31/h3-17H,31H2,1-2H3. The minimum Gasteiger partial charge on any atom is -0.439 e. The minimum absolute atomic E-state index is 0.0289. The van der Waals surface area contributed by atoms with Crippen LogP contribution in [0.1, 0.15) is 21.6 Å². The third-order valence-corrected chi connectivity index (χ3v) is 6.74. The first-order chi connectivity index (χ1) is 18.5.